The molecule has 4 nitrogen and oxygen atoms in total. The number of hydrogen-bond acceptors (Lipinski definition) is 3. The van der Waals surface area contributed by atoms with Gasteiger partial charge >= 0.3 is 5.97 Å². The number of halogens is 1. The van der Waals surface area contributed by atoms with Crippen molar-refractivity contribution < 1.29 is 14.6 Å². The molecule has 0 spiro atoms. The number of carboxylic acids is 1. The van der Waals surface area contributed by atoms with Gasteiger partial charge in [-0.2, -0.15) is 0 Å². The standard InChI is InChI=1S/C16H20BrNO3/c1-11-9-18(10-16(2,3)21-11)13-6-4-12(14(17)8-13)5-7-15(19)20/h4-8,11H,9-10H2,1-3H3,(H,19,20)/b7-5+. The maximum Gasteiger partial charge on any atom is 0.328 e. The third-order valence-corrected chi connectivity index (χ3v) is 4.01. The molecular weight excluding hydrogens is 334 g/mol. The van der Waals surface area contributed by atoms with E-state index in [1.807, 2.05) is 18.2 Å². The molecule has 2 rings (SSSR count). The van der Waals surface area contributed by atoms with E-state index in [-0.39, 0.29) is 11.7 Å². The fourth-order valence-electron chi connectivity index (χ4n) is 2.66. The van der Waals surface area contributed by atoms with Crippen LogP contribution in [0.2, 0.25) is 0 Å². The van der Waals surface area contributed by atoms with Crippen LogP contribution in [0.25, 0.3) is 6.08 Å². The molecule has 1 atom stereocenters. The molecule has 1 fully saturated rings. The average Bonchev–Trinajstić information content (AvgIpc) is 2.34. The van der Waals surface area contributed by atoms with Crippen LogP contribution in [0.4, 0.5) is 5.69 Å². The van der Waals surface area contributed by atoms with Crippen molar-refractivity contribution in [2.45, 2.75) is 32.5 Å². The Balaban J connectivity index is 2.21. The number of nitrogens with zero attached hydrogens (tertiary/aromatic N) is 1. The van der Waals surface area contributed by atoms with Gasteiger partial charge in [-0.3, -0.25) is 0 Å². The van der Waals surface area contributed by atoms with E-state index in [0.29, 0.717) is 0 Å². The van der Waals surface area contributed by atoms with E-state index in [2.05, 4.69) is 41.6 Å². The van der Waals surface area contributed by atoms with Crippen LogP contribution in [0.15, 0.2) is 28.7 Å². The molecule has 1 aliphatic rings. The zero-order chi connectivity index (χ0) is 15.6. The Morgan fingerprint density at radius 3 is 2.81 bits per heavy atom. The van der Waals surface area contributed by atoms with Gasteiger partial charge < -0.3 is 14.7 Å². The highest BCUT2D eigenvalue weighted by molar-refractivity contribution is 9.10. The van der Waals surface area contributed by atoms with Gasteiger partial charge in [-0.1, -0.05) is 22.0 Å². The largest absolute Gasteiger partial charge is 0.478 e. The first-order valence-corrected chi connectivity index (χ1v) is 7.69. The lowest BCUT2D eigenvalue weighted by Gasteiger charge is -2.43. The van der Waals surface area contributed by atoms with Crippen molar-refractivity contribution >= 4 is 33.7 Å². The van der Waals surface area contributed by atoms with Gasteiger partial charge in [0.05, 0.1) is 11.7 Å². The summed E-state index contributed by atoms with van der Waals surface area (Å²) in [7, 11) is 0. The number of aliphatic carboxylic acids is 1. The van der Waals surface area contributed by atoms with Crippen LogP contribution >= 0.6 is 15.9 Å². The van der Waals surface area contributed by atoms with Crippen molar-refractivity contribution in [1.82, 2.24) is 0 Å². The molecule has 1 heterocycles. The summed E-state index contributed by atoms with van der Waals surface area (Å²) in [5, 5.41) is 8.69. The molecule has 0 saturated carbocycles. The zero-order valence-electron chi connectivity index (χ0n) is 12.5. The Bertz CT molecular complexity index is 569. The summed E-state index contributed by atoms with van der Waals surface area (Å²) in [6, 6.07) is 5.96. The molecule has 0 bridgehead atoms. The molecule has 1 aromatic carbocycles. The number of carbonyl (C=O) groups is 1. The number of ether oxygens (including phenoxy) is 1. The highest BCUT2D eigenvalue weighted by Crippen LogP contribution is 2.29. The second-order valence-electron chi connectivity index (χ2n) is 5.95. The van der Waals surface area contributed by atoms with Crippen LogP contribution in [-0.2, 0) is 9.53 Å². The summed E-state index contributed by atoms with van der Waals surface area (Å²) in [6.45, 7) is 7.94. The van der Waals surface area contributed by atoms with Crippen LogP contribution < -0.4 is 4.90 Å². The molecule has 21 heavy (non-hydrogen) atoms. The van der Waals surface area contributed by atoms with Gasteiger partial charge in [0.2, 0.25) is 0 Å². The Labute approximate surface area is 133 Å². The van der Waals surface area contributed by atoms with Crippen molar-refractivity contribution in [2.24, 2.45) is 0 Å². The third-order valence-electron chi connectivity index (χ3n) is 3.32. The van der Waals surface area contributed by atoms with Gasteiger partial charge in [-0.15, -0.1) is 0 Å². The number of carboxylic acid groups (broad SMARTS) is 1. The molecular formula is C16H20BrNO3. The monoisotopic (exact) mass is 353 g/mol. The first-order valence-electron chi connectivity index (χ1n) is 6.90. The second kappa shape index (κ2) is 6.20. The van der Waals surface area contributed by atoms with Gasteiger partial charge in [-0.25, -0.2) is 4.79 Å². The number of rotatable bonds is 3. The summed E-state index contributed by atoms with van der Waals surface area (Å²) in [6.07, 6.45) is 2.90. The lowest BCUT2D eigenvalue weighted by atomic mass is 10.0. The van der Waals surface area contributed by atoms with E-state index in [0.717, 1.165) is 34.9 Å². The molecule has 0 radical (unpaired) electrons. The first-order chi connectivity index (χ1) is 9.77. The fourth-order valence-corrected chi connectivity index (χ4v) is 3.16. The molecule has 5 heteroatoms. The van der Waals surface area contributed by atoms with Gasteiger partial charge in [-0.05, 0) is 44.5 Å². The van der Waals surface area contributed by atoms with Crippen molar-refractivity contribution in [3.05, 3.63) is 34.3 Å². The van der Waals surface area contributed by atoms with E-state index in [1.54, 1.807) is 6.08 Å². The maximum absolute atomic E-state index is 10.6. The number of hydrogen-bond donors (Lipinski definition) is 1. The van der Waals surface area contributed by atoms with E-state index in [9.17, 15) is 4.79 Å². The van der Waals surface area contributed by atoms with Crippen LogP contribution in [0.1, 0.15) is 26.3 Å². The van der Waals surface area contributed by atoms with Gasteiger partial charge in [0.1, 0.15) is 0 Å². The normalized spacial score (nSPS) is 21.7. The van der Waals surface area contributed by atoms with E-state index >= 15 is 0 Å². The Morgan fingerprint density at radius 2 is 2.24 bits per heavy atom. The number of benzene rings is 1. The summed E-state index contributed by atoms with van der Waals surface area (Å²) in [5.74, 6) is -0.949. The lowest BCUT2D eigenvalue weighted by Crippen LogP contribution is -2.52. The summed E-state index contributed by atoms with van der Waals surface area (Å²) >= 11 is 3.51. The van der Waals surface area contributed by atoms with Crippen LogP contribution in [0.3, 0.4) is 0 Å². The zero-order valence-corrected chi connectivity index (χ0v) is 14.1. The summed E-state index contributed by atoms with van der Waals surface area (Å²) in [4.78, 5) is 12.9. The predicted octanol–water partition coefficient (Wildman–Crippen LogP) is 3.55. The second-order valence-corrected chi connectivity index (χ2v) is 6.80. The van der Waals surface area contributed by atoms with Crippen molar-refractivity contribution in [2.75, 3.05) is 18.0 Å². The minimum Gasteiger partial charge on any atom is -0.478 e. The Hall–Kier alpha value is -1.33. The average molecular weight is 354 g/mol. The molecule has 0 aliphatic carbocycles. The minimum absolute atomic E-state index is 0.175. The van der Waals surface area contributed by atoms with Crippen LogP contribution in [0.5, 0.6) is 0 Å². The summed E-state index contributed by atoms with van der Waals surface area (Å²) < 4.78 is 6.80. The van der Waals surface area contributed by atoms with Crippen LogP contribution in [-0.4, -0.2) is 35.9 Å². The number of morpholine rings is 1. The molecule has 1 aliphatic heterocycles. The van der Waals surface area contributed by atoms with Crippen LogP contribution in [0, 0.1) is 0 Å². The molecule has 0 aromatic heterocycles. The van der Waals surface area contributed by atoms with Crippen molar-refractivity contribution in [3.8, 4) is 0 Å². The molecule has 1 N–H and O–H groups in total. The number of anilines is 1. The van der Waals surface area contributed by atoms with Gasteiger partial charge in [0.15, 0.2) is 0 Å². The lowest BCUT2D eigenvalue weighted by molar-refractivity contribution is -0.131. The predicted molar refractivity (Wildman–Crippen MR) is 87.7 cm³/mol. The Morgan fingerprint density at radius 1 is 1.52 bits per heavy atom. The highest BCUT2D eigenvalue weighted by atomic mass is 79.9. The van der Waals surface area contributed by atoms with Gasteiger partial charge in [0, 0.05) is 29.3 Å². The smallest absolute Gasteiger partial charge is 0.328 e. The minimum atomic E-state index is -0.949. The Kier molecular flexibility index (Phi) is 4.74. The molecule has 1 unspecified atom stereocenters. The van der Waals surface area contributed by atoms with Crippen molar-refractivity contribution in [3.63, 3.8) is 0 Å². The molecule has 114 valence electrons. The third kappa shape index (κ3) is 4.32. The highest BCUT2D eigenvalue weighted by Gasteiger charge is 2.31. The SMILES string of the molecule is CC1CN(c2ccc(/C=C/C(=O)O)c(Br)c2)CC(C)(C)O1. The molecule has 1 saturated heterocycles. The fraction of sp³-hybridized carbons (Fsp3) is 0.438. The van der Waals surface area contributed by atoms with E-state index in [4.69, 9.17) is 9.84 Å². The quantitative estimate of drug-likeness (QED) is 0.844. The first kappa shape index (κ1) is 16.0. The van der Waals surface area contributed by atoms with E-state index < -0.39 is 5.97 Å². The molecule has 0 amide bonds. The van der Waals surface area contributed by atoms with Crippen molar-refractivity contribution in [1.29, 1.82) is 0 Å². The molecule has 1 aromatic rings. The maximum atomic E-state index is 10.6. The van der Waals surface area contributed by atoms with Gasteiger partial charge in [0.25, 0.3) is 0 Å². The summed E-state index contributed by atoms with van der Waals surface area (Å²) in [5.41, 5.74) is 1.78. The topological polar surface area (TPSA) is 49.8 Å². The van der Waals surface area contributed by atoms with E-state index in [1.165, 1.54) is 0 Å².